The third-order valence-electron chi connectivity index (χ3n) is 5.64. The Kier molecular flexibility index (Phi) is 6.51. The molecule has 7 heteroatoms. The van der Waals surface area contributed by atoms with Crippen LogP contribution < -0.4 is 22.5 Å². The maximum atomic E-state index is 12.0. The van der Waals surface area contributed by atoms with Gasteiger partial charge in [0.05, 0.1) is 0 Å². The van der Waals surface area contributed by atoms with E-state index >= 15 is 0 Å². The summed E-state index contributed by atoms with van der Waals surface area (Å²) in [4.78, 5) is 24.1. The molecule has 0 aliphatic heterocycles. The van der Waals surface area contributed by atoms with Gasteiger partial charge in [-0.25, -0.2) is 11.7 Å². The molecule has 1 aromatic heterocycles. The summed E-state index contributed by atoms with van der Waals surface area (Å²) in [6.45, 7) is 5.32. The zero-order valence-corrected chi connectivity index (χ0v) is 17.0. The highest BCUT2D eigenvalue weighted by Gasteiger charge is 2.17. The fourth-order valence-electron chi connectivity index (χ4n) is 3.93. The molecular weight excluding hydrogens is 366 g/mol. The Labute approximate surface area is 170 Å². The van der Waals surface area contributed by atoms with E-state index in [2.05, 4.69) is 29.3 Å². The van der Waals surface area contributed by atoms with Crippen LogP contribution in [0.2, 0.25) is 0 Å². The van der Waals surface area contributed by atoms with E-state index < -0.39 is 0 Å². The number of hydrazine groups is 2. The highest BCUT2D eigenvalue weighted by molar-refractivity contribution is 6.12. The van der Waals surface area contributed by atoms with Crippen LogP contribution >= 0.6 is 0 Å². The van der Waals surface area contributed by atoms with Gasteiger partial charge in [-0.2, -0.15) is 0 Å². The standard InChI is InChI=1S/C22H29N5O2/c1-3-5-6-14(4-2)13-27-19-9-7-15(21(28)25-23)11-17(19)18-12-16(22(29)26-24)8-10-20(18)27/h7-12,14H,3-6,13,23-24H2,1-2H3,(H,25,28)(H,26,29). The first-order valence-corrected chi connectivity index (χ1v) is 10.1. The van der Waals surface area contributed by atoms with Crippen molar-refractivity contribution in [1.82, 2.24) is 15.4 Å². The molecule has 3 rings (SSSR count). The Morgan fingerprint density at radius 2 is 1.45 bits per heavy atom. The minimum absolute atomic E-state index is 0.349. The van der Waals surface area contributed by atoms with E-state index in [1.807, 2.05) is 24.3 Å². The van der Waals surface area contributed by atoms with E-state index in [0.29, 0.717) is 17.0 Å². The van der Waals surface area contributed by atoms with Crippen molar-refractivity contribution in [3.63, 3.8) is 0 Å². The second-order valence-corrected chi connectivity index (χ2v) is 7.44. The Balaban J connectivity index is 2.20. The van der Waals surface area contributed by atoms with Gasteiger partial charge in [0.1, 0.15) is 0 Å². The molecule has 0 bridgehead atoms. The van der Waals surface area contributed by atoms with E-state index in [0.717, 1.165) is 34.8 Å². The second-order valence-electron chi connectivity index (χ2n) is 7.44. The monoisotopic (exact) mass is 395 g/mol. The molecule has 0 saturated heterocycles. The van der Waals surface area contributed by atoms with Crippen LogP contribution in [0.15, 0.2) is 36.4 Å². The van der Waals surface area contributed by atoms with Crippen LogP contribution in [0.25, 0.3) is 21.8 Å². The predicted molar refractivity (Wildman–Crippen MR) is 116 cm³/mol. The first kappa shape index (κ1) is 20.8. The molecule has 1 unspecified atom stereocenters. The zero-order chi connectivity index (χ0) is 21.0. The highest BCUT2D eigenvalue weighted by Crippen LogP contribution is 2.32. The SMILES string of the molecule is CCCCC(CC)Cn1c2ccc(C(=O)NN)cc2c2cc(C(=O)NN)ccc21. The number of aromatic nitrogens is 1. The molecule has 0 fully saturated rings. The van der Waals surface area contributed by atoms with E-state index in [1.165, 1.54) is 19.3 Å². The van der Waals surface area contributed by atoms with Gasteiger partial charge in [-0.3, -0.25) is 20.4 Å². The maximum Gasteiger partial charge on any atom is 0.265 e. The molecule has 6 N–H and O–H groups in total. The number of nitrogens with two attached hydrogens (primary N) is 2. The molecule has 154 valence electrons. The summed E-state index contributed by atoms with van der Waals surface area (Å²) in [5.41, 5.74) is 7.38. The number of fused-ring (bicyclic) bond motifs is 3. The largest absolute Gasteiger partial charge is 0.340 e. The van der Waals surface area contributed by atoms with Crippen LogP contribution in [-0.4, -0.2) is 16.4 Å². The first-order chi connectivity index (χ1) is 14.0. The quantitative estimate of drug-likeness (QED) is 0.266. The predicted octanol–water partition coefficient (Wildman–Crippen LogP) is 3.22. The molecule has 3 aromatic rings. The maximum absolute atomic E-state index is 12.0. The average Bonchev–Trinajstić information content (AvgIpc) is 3.07. The Morgan fingerprint density at radius 3 is 1.86 bits per heavy atom. The van der Waals surface area contributed by atoms with Crippen LogP contribution in [0.1, 0.15) is 60.2 Å². The topological polar surface area (TPSA) is 115 Å². The molecule has 1 atom stereocenters. The van der Waals surface area contributed by atoms with Crippen LogP contribution in [0, 0.1) is 5.92 Å². The van der Waals surface area contributed by atoms with Crippen molar-refractivity contribution in [2.24, 2.45) is 17.6 Å². The summed E-state index contributed by atoms with van der Waals surface area (Å²) in [6.07, 6.45) is 4.66. The van der Waals surface area contributed by atoms with Crippen LogP contribution in [-0.2, 0) is 6.54 Å². The lowest BCUT2D eigenvalue weighted by Crippen LogP contribution is -2.29. The fraction of sp³-hybridized carbons (Fsp3) is 0.364. The van der Waals surface area contributed by atoms with Crippen molar-refractivity contribution in [2.45, 2.75) is 46.1 Å². The third-order valence-corrected chi connectivity index (χ3v) is 5.64. The molecular formula is C22H29N5O2. The first-order valence-electron chi connectivity index (χ1n) is 10.1. The number of nitrogens with zero attached hydrogens (tertiary/aromatic N) is 1. The number of carbonyl (C=O) groups is 2. The molecule has 2 amide bonds. The van der Waals surface area contributed by atoms with Crippen molar-refractivity contribution in [3.05, 3.63) is 47.5 Å². The Hall–Kier alpha value is -2.90. The molecule has 2 aromatic carbocycles. The van der Waals surface area contributed by atoms with E-state index in [4.69, 9.17) is 11.7 Å². The van der Waals surface area contributed by atoms with Gasteiger partial charge in [0.15, 0.2) is 0 Å². The number of nitrogen functional groups attached to an aromatic ring is 2. The number of carbonyl (C=O) groups excluding carboxylic acids is 2. The van der Waals surface area contributed by atoms with Crippen molar-refractivity contribution >= 4 is 33.6 Å². The summed E-state index contributed by atoms with van der Waals surface area (Å²) < 4.78 is 2.29. The van der Waals surface area contributed by atoms with Crippen molar-refractivity contribution in [2.75, 3.05) is 0 Å². The Bertz CT molecular complexity index is 967. The number of hydrogen-bond donors (Lipinski definition) is 4. The molecule has 1 heterocycles. The van der Waals surface area contributed by atoms with Crippen molar-refractivity contribution in [3.8, 4) is 0 Å². The van der Waals surface area contributed by atoms with Gasteiger partial charge in [0.2, 0.25) is 0 Å². The second kappa shape index (κ2) is 9.07. The number of nitrogens with one attached hydrogen (secondary N) is 2. The number of rotatable bonds is 8. The number of unbranched alkanes of at least 4 members (excludes halogenated alkanes) is 1. The molecule has 0 radical (unpaired) electrons. The minimum Gasteiger partial charge on any atom is -0.340 e. The van der Waals surface area contributed by atoms with Crippen LogP contribution in [0.4, 0.5) is 0 Å². The van der Waals surface area contributed by atoms with Gasteiger partial charge in [-0.1, -0.05) is 33.1 Å². The van der Waals surface area contributed by atoms with Crippen LogP contribution in [0.3, 0.4) is 0 Å². The van der Waals surface area contributed by atoms with Gasteiger partial charge in [-0.15, -0.1) is 0 Å². The summed E-state index contributed by atoms with van der Waals surface area (Å²) in [5, 5.41) is 1.83. The lowest BCUT2D eigenvalue weighted by molar-refractivity contribution is 0.0946. The van der Waals surface area contributed by atoms with Gasteiger partial charge >= 0.3 is 0 Å². The molecule has 0 aliphatic rings. The molecule has 0 spiro atoms. The number of amides is 2. The summed E-state index contributed by atoms with van der Waals surface area (Å²) in [5.74, 6) is 10.5. The van der Waals surface area contributed by atoms with E-state index in [1.54, 1.807) is 12.1 Å². The van der Waals surface area contributed by atoms with E-state index in [9.17, 15) is 9.59 Å². The smallest absolute Gasteiger partial charge is 0.265 e. The molecule has 0 aliphatic carbocycles. The normalized spacial score (nSPS) is 12.3. The molecule has 7 nitrogen and oxygen atoms in total. The minimum atomic E-state index is -0.349. The third kappa shape index (κ3) is 4.11. The zero-order valence-electron chi connectivity index (χ0n) is 17.0. The number of benzene rings is 2. The lowest BCUT2D eigenvalue weighted by atomic mass is 9.99. The summed E-state index contributed by atoms with van der Waals surface area (Å²) in [6, 6.07) is 11.1. The van der Waals surface area contributed by atoms with Crippen molar-refractivity contribution < 1.29 is 9.59 Å². The highest BCUT2D eigenvalue weighted by atomic mass is 16.2. The van der Waals surface area contributed by atoms with Gasteiger partial charge in [0.25, 0.3) is 11.8 Å². The number of hydrogen-bond acceptors (Lipinski definition) is 4. The van der Waals surface area contributed by atoms with Gasteiger partial charge < -0.3 is 4.57 Å². The summed E-state index contributed by atoms with van der Waals surface area (Å²) in [7, 11) is 0. The fourth-order valence-corrected chi connectivity index (χ4v) is 3.93. The van der Waals surface area contributed by atoms with Crippen molar-refractivity contribution in [1.29, 1.82) is 0 Å². The van der Waals surface area contributed by atoms with E-state index in [-0.39, 0.29) is 11.8 Å². The van der Waals surface area contributed by atoms with Crippen LogP contribution in [0.5, 0.6) is 0 Å². The lowest BCUT2D eigenvalue weighted by Gasteiger charge is -2.17. The molecule has 29 heavy (non-hydrogen) atoms. The molecule has 0 saturated carbocycles. The Morgan fingerprint density at radius 1 is 0.931 bits per heavy atom. The average molecular weight is 396 g/mol. The van der Waals surface area contributed by atoms with Gasteiger partial charge in [-0.05, 0) is 48.7 Å². The summed E-state index contributed by atoms with van der Waals surface area (Å²) >= 11 is 0. The van der Waals surface area contributed by atoms with Gasteiger partial charge in [0, 0.05) is 39.5 Å².